The Bertz CT molecular complexity index is 2170. The summed E-state index contributed by atoms with van der Waals surface area (Å²) in [4.78, 5) is 73.6. The number of phosphoric ester groups is 2. The highest BCUT2D eigenvalue weighted by molar-refractivity contribution is 7.47. The number of rotatable bonds is 94. The molecule has 6 atom stereocenters. The van der Waals surface area contributed by atoms with Crippen LogP contribution in [0.5, 0.6) is 0 Å². The molecular weight excluding hydrogens is 1470 g/mol. The van der Waals surface area contributed by atoms with Gasteiger partial charge in [0.2, 0.25) is 0 Å². The summed E-state index contributed by atoms with van der Waals surface area (Å²) in [5, 5.41) is 10.7. The second-order valence-electron chi connectivity index (χ2n) is 34.8. The van der Waals surface area contributed by atoms with Gasteiger partial charge in [0.1, 0.15) is 19.3 Å². The van der Waals surface area contributed by atoms with Gasteiger partial charge in [0, 0.05) is 25.7 Å². The lowest BCUT2D eigenvalue weighted by atomic mass is 9.99. The van der Waals surface area contributed by atoms with E-state index in [9.17, 15) is 43.2 Å². The van der Waals surface area contributed by atoms with Crippen molar-refractivity contribution < 1.29 is 80.2 Å². The van der Waals surface area contributed by atoms with Crippen molar-refractivity contribution in [2.45, 2.75) is 535 Å². The van der Waals surface area contributed by atoms with Crippen LogP contribution in [0.25, 0.3) is 0 Å². The molecule has 0 aliphatic heterocycles. The number of aliphatic hydroxyl groups is 1. The summed E-state index contributed by atoms with van der Waals surface area (Å²) in [6.45, 7) is 9.82. The average molecular weight is 1660 g/mol. The first-order valence-electron chi connectivity index (χ1n) is 49.0. The van der Waals surface area contributed by atoms with Crippen molar-refractivity contribution in [3.05, 3.63) is 0 Å². The van der Waals surface area contributed by atoms with Crippen molar-refractivity contribution in [1.29, 1.82) is 0 Å². The zero-order valence-electron chi connectivity index (χ0n) is 75.4. The first-order chi connectivity index (χ1) is 55.4. The van der Waals surface area contributed by atoms with Crippen LogP contribution in [-0.2, 0) is 65.4 Å². The number of esters is 4. The van der Waals surface area contributed by atoms with Crippen molar-refractivity contribution in [2.75, 3.05) is 39.6 Å². The van der Waals surface area contributed by atoms with Crippen molar-refractivity contribution in [3.8, 4) is 0 Å². The van der Waals surface area contributed by atoms with Gasteiger partial charge in [-0.25, -0.2) is 9.13 Å². The third kappa shape index (κ3) is 86.4. The van der Waals surface area contributed by atoms with E-state index in [0.29, 0.717) is 25.7 Å². The number of ether oxygens (including phenoxy) is 4. The second kappa shape index (κ2) is 86.0. The predicted molar refractivity (Wildman–Crippen MR) is 474 cm³/mol. The minimum Gasteiger partial charge on any atom is -0.462 e. The molecule has 0 saturated heterocycles. The molecule has 0 heterocycles. The SMILES string of the molecule is CCCCCCCCCCCCCCCCCCCCCCCC(=O)OC[C@H](COP(=O)(O)OC[C@@H](O)COP(=O)(O)OC[C@@H](COC(=O)CCCCCCCCCCCCCC)OC(=O)CCCCCCCCCCCCCCCCCCC(C)C)OC(=O)CCCCCCCCCCCCCCCCCCCCC(C)CC. The van der Waals surface area contributed by atoms with Crippen molar-refractivity contribution in [1.82, 2.24) is 0 Å². The molecule has 0 bridgehead atoms. The normalized spacial score (nSPS) is 13.9. The Morgan fingerprint density at radius 3 is 0.667 bits per heavy atom. The molecule has 19 heteroatoms. The molecular formula is C95H186O17P2. The van der Waals surface area contributed by atoms with Crippen LogP contribution in [-0.4, -0.2) is 96.7 Å². The van der Waals surface area contributed by atoms with E-state index in [-0.39, 0.29) is 25.7 Å². The van der Waals surface area contributed by atoms with Gasteiger partial charge in [-0.1, -0.05) is 465 Å². The van der Waals surface area contributed by atoms with Gasteiger partial charge in [0.25, 0.3) is 0 Å². The monoisotopic (exact) mass is 1660 g/mol. The fourth-order valence-electron chi connectivity index (χ4n) is 15.0. The Morgan fingerprint density at radius 2 is 0.447 bits per heavy atom. The van der Waals surface area contributed by atoms with Crippen molar-refractivity contribution >= 4 is 39.5 Å². The number of carbonyl (C=O) groups is 4. The lowest BCUT2D eigenvalue weighted by Gasteiger charge is -2.21. The molecule has 678 valence electrons. The van der Waals surface area contributed by atoms with Gasteiger partial charge < -0.3 is 33.8 Å². The summed E-state index contributed by atoms with van der Waals surface area (Å²) in [5.41, 5.74) is 0. The molecule has 0 aromatic carbocycles. The Morgan fingerprint density at radius 1 is 0.254 bits per heavy atom. The number of phosphoric acid groups is 2. The Hall–Kier alpha value is -1.94. The predicted octanol–water partition coefficient (Wildman–Crippen LogP) is 29.7. The van der Waals surface area contributed by atoms with Gasteiger partial charge in [-0.15, -0.1) is 0 Å². The molecule has 0 saturated carbocycles. The summed E-state index contributed by atoms with van der Waals surface area (Å²) in [5.74, 6) is -0.410. The fraction of sp³-hybridized carbons (Fsp3) is 0.958. The first-order valence-corrected chi connectivity index (χ1v) is 52.0. The maximum Gasteiger partial charge on any atom is 0.472 e. The Kier molecular flexibility index (Phi) is 84.6. The van der Waals surface area contributed by atoms with E-state index in [1.54, 1.807) is 0 Å². The highest BCUT2D eigenvalue weighted by atomic mass is 31.2. The molecule has 114 heavy (non-hydrogen) atoms. The van der Waals surface area contributed by atoms with Crippen LogP contribution in [0.4, 0.5) is 0 Å². The van der Waals surface area contributed by atoms with Crippen LogP contribution < -0.4 is 0 Å². The molecule has 0 aromatic rings. The third-order valence-corrected chi connectivity index (χ3v) is 24.7. The summed E-state index contributed by atoms with van der Waals surface area (Å²) >= 11 is 0. The standard InChI is InChI=1S/C95H186O17P2/c1-7-10-12-14-16-18-20-22-23-24-25-26-27-31-37-42-48-54-60-66-72-78-93(98)106-84-91(112-94(99)79-73-67-61-55-49-43-38-32-29-28-30-36-41-46-52-58-64-70-76-88(6)9-3)86-110-114(103,104)108-82-89(96)81-107-113(101,102)109-85-90(83-105-92(97)77-71-65-59-53-47-21-19-17-15-13-11-8-2)111-95(100)80-74-68-62-56-50-44-39-34-33-35-40-45-51-57-63-69-75-87(4)5/h87-91,96H,7-86H2,1-6H3,(H,101,102)(H,103,104)/t88?,89-,90+,91+/m0/s1. The molecule has 3 N–H and O–H groups in total. The fourth-order valence-corrected chi connectivity index (χ4v) is 16.6. The van der Waals surface area contributed by atoms with Crippen LogP contribution >= 0.6 is 15.6 Å². The molecule has 17 nitrogen and oxygen atoms in total. The highest BCUT2D eigenvalue weighted by Gasteiger charge is 2.31. The van der Waals surface area contributed by atoms with Gasteiger partial charge in [0.15, 0.2) is 12.2 Å². The van der Waals surface area contributed by atoms with Gasteiger partial charge in [-0.2, -0.15) is 0 Å². The van der Waals surface area contributed by atoms with E-state index < -0.39 is 97.5 Å². The molecule has 0 aromatic heterocycles. The van der Waals surface area contributed by atoms with E-state index in [1.165, 1.54) is 334 Å². The smallest absolute Gasteiger partial charge is 0.462 e. The topological polar surface area (TPSA) is 237 Å². The average Bonchev–Trinajstić information content (AvgIpc) is 0.898. The molecule has 0 aliphatic rings. The second-order valence-corrected chi connectivity index (χ2v) is 37.7. The molecule has 0 radical (unpaired) electrons. The van der Waals surface area contributed by atoms with Crippen LogP contribution in [0.1, 0.15) is 517 Å². The molecule has 0 aliphatic carbocycles. The molecule has 0 amide bonds. The van der Waals surface area contributed by atoms with E-state index in [1.807, 2.05) is 0 Å². The zero-order valence-corrected chi connectivity index (χ0v) is 77.2. The molecule has 0 rings (SSSR count). The van der Waals surface area contributed by atoms with E-state index in [4.69, 9.17) is 37.0 Å². The largest absolute Gasteiger partial charge is 0.472 e. The lowest BCUT2D eigenvalue weighted by molar-refractivity contribution is -0.161. The van der Waals surface area contributed by atoms with Crippen molar-refractivity contribution in [2.24, 2.45) is 11.8 Å². The van der Waals surface area contributed by atoms with Gasteiger partial charge >= 0.3 is 39.5 Å². The highest BCUT2D eigenvalue weighted by Crippen LogP contribution is 2.45. The maximum absolute atomic E-state index is 13.2. The number of carbonyl (C=O) groups excluding carboxylic acids is 4. The van der Waals surface area contributed by atoms with E-state index in [0.717, 1.165) is 102 Å². The first kappa shape index (κ1) is 112. The Balaban J connectivity index is 5.24. The minimum atomic E-state index is -4.97. The van der Waals surface area contributed by atoms with Crippen LogP contribution in [0, 0.1) is 11.8 Å². The van der Waals surface area contributed by atoms with Crippen LogP contribution in [0.15, 0.2) is 0 Å². The van der Waals surface area contributed by atoms with Gasteiger partial charge in [-0.3, -0.25) is 37.3 Å². The number of aliphatic hydroxyl groups excluding tert-OH is 1. The summed E-state index contributed by atoms with van der Waals surface area (Å²) in [6, 6.07) is 0. The summed E-state index contributed by atoms with van der Waals surface area (Å²) < 4.78 is 69.2. The maximum atomic E-state index is 13.2. The van der Waals surface area contributed by atoms with Crippen molar-refractivity contribution in [3.63, 3.8) is 0 Å². The van der Waals surface area contributed by atoms with Crippen LogP contribution in [0.3, 0.4) is 0 Å². The molecule has 3 unspecified atom stereocenters. The minimum absolute atomic E-state index is 0.109. The third-order valence-electron chi connectivity index (χ3n) is 22.8. The quantitative estimate of drug-likeness (QED) is 0.0222. The van der Waals surface area contributed by atoms with E-state index >= 15 is 0 Å². The lowest BCUT2D eigenvalue weighted by Crippen LogP contribution is -2.30. The van der Waals surface area contributed by atoms with E-state index in [2.05, 4.69) is 41.5 Å². The zero-order chi connectivity index (χ0) is 83.4. The Labute approximate surface area is 702 Å². The number of hydrogen-bond donors (Lipinski definition) is 3. The number of hydrogen-bond acceptors (Lipinski definition) is 15. The molecule has 0 spiro atoms. The molecule has 0 fully saturated rings. The summed E-state index contributed by atoms with van der Waals surface area (Å²) in [6.07, 6.45) is 82.0. The van der Waals surface area contributed by atoms with Gasteiger partial charge in [0.05, 0.1) is 26.4 Å². The van der Waals surface area contributed by atoms with Gasteiger partial charge in [-0.05, 0) is 37.5 Å². The number of unbranched alkanes of at least 4 members (excludes halogenated alkanes) is 63. The summed E-state index contributed by atoms with van der Waals surface area (Å²) in [7, 11) is -9.94. The van der Waals surface area contributed by atoms with Crippen LogP contribution in [0.2, 0.25) is 0 Å².